The Morgan fingerprint density at radius 3 is 2.17 bits per heavy atom. The molecule has 0 spiro atoms. The monoisotopic (exact) mass is 548 g/mol. The highest BCUT2D eigenvalue weighted by molar-refractivity contribution is 5.69. The molecule has 0 aromatic rings. The first-order valence-corrected chi connectivity index (χ1v) is 16.1. The van der Waals surface area contributed by atoms with Crippen LogP contribution in [0.15, 0.2) is 83.1 Å². The molecule has 2 nitrogen and oxygen atoms in total. The summed E-state index contributed by atoms with van der Waals surface area (Å²) in [5.74, 6) is -0.0861. The lowest BCUT2D eigenvalue weighted by Gasteiger charge is -2.32. The van der Waals surface area contributed by atoms with Gasteiger partial charge in [0.05, 0.1) is 0 Å². The maximum Gasteiger partial charge on any atom is 0.306 e. The van der Waals surface area contributed by atoms with Gasteiger partial charge in [0.15, 0.2) is 0 Å². The van der Waals surface area contributed by atoms with Crippen LogP contribution in [0.25, 0.3) is 0 Å². The van der Waals surface area contributed by atoms with Gasteiger partial charge in [-0.2, -0.15) is 0 Å². The third-order valence-corrected chi connectivity index (χ3v) is 7.78. The van der Waals surface area contributed by atoms with Crippen LogP contribution in [0.2, 0.25) is 0 Å². The Bertz CT molecular complexity index is 917. The van der Waals surface area contributed by atoms with Gasteiger partial charge in [-0.25, -0.2) is 0 Å². The van der Waals surface area contributed by atoms with Crippen LogP contribution >= 0.6 is 0 Å². The minimum absolute atomic E-state index is 0.0861. The van der Waals surface area contributed by atoms with E-state index in [0.717, 1.165) is 24.8 Å². The molecule has 0 saturated heterocycles. The first-order valence-electron chi connectivity index (χ1n) is 16.1. The van der Waals surface area contributed by atoms with E-state index in [1.165, 1.54) is 87.3 Å². The predicted molar refractivity (Wildman–Crippen MR) is 176 cm³/mol. The van der Waals surface area contributed by atoms with Crippen LogP contribution in [-0.2, 0) is 9.53 Å². The molecule has 40 heavy (non-hydrogen) atoms. The highest BCUT2D eigenvalue weighted by atomic mass is 16.5. The van der Waals surface area contributed by atoms with Gasteiger partial charge in [0.25, 0.3) is 0 Å². The topological polar surface area (TPSA) is 26.3 Å². The molecule has 1 aliphatic carbocycles. The van der Waals surface area contributed by atoms with Crippen LogP contribution in [0.5, 0.6) is 0 Å². The molecule has 0 bridgehead atoms. The van der Waals surface area contributed by atoms with Crippen molar-refractivity contribution in [2.75, 3.05) is 6.61 Å². The van der Waals surface area contributed by atoms with E-state index in [9.17, 15) is 4.79 Å². The quantitative estimate of drug-likeness (QED) is 0.0859. The van der Waals surface area contributed by atoms with Crippen molar-refractivity contribution in [1.29, 1.82) is 0 Å². The Balaban J connectivity index is 2.13. The summed E-state index contributed by atoms with van der Waals surface area (Å²) in [6, 6.07) is 0. The molecule has 1 rings (SSSR count). The molecule has 2 heteroatoms. The summed E-state index contributed by atoms with van der Waals surface area (Å²) in [6.45, 7) is 13.8. The van der Waals surface area contributed by atoms with E-state index >= 15 is 0 Å². The van der Waals surface area contributed by atoms with Gasteiger partial charge in [0.2, 0.25) is 0 Å². The molecule has 224 valence electrons. The Morgan fingerprint density at radius 2 is 1.50 bits per heavy atom. The number of hydrogen-bond acceptors (Lipinski definition) is 2. The number of rotatable bonds is 20. The largest absolute Gasteiger partial charge is 0.461 e. The average Bonchev–Trinajstić information content (AvgIpc) is 2.90. The Kier molecular flexibility index (Phi) is 19.9. The van der Waals surface area contributed by atoms with Crippen LogP contribution in [0, 0.1) is 5.41 Å². The van der Waals surface area contributed by atoms with Crippen LogP contribution in [0.3, 0.4) is 0 Å². The average molecular weight is 549 g/mol. The number of allylic oxidation sites excluding steroid dienone is 13. The van der Waals surface area contributed by atoms with E-state index in [4.69, 9.17) is 4.74 Å². The van der Waals surface area contributed by atoms with Crippen molar-refractivity contribution in [3.63, 3.8) is 0 Å². The number of carbonyl (C=O) groups is 1. The van der Waals surface area contributed by atoms with Gasteiger partial charge >= 0.3 is 5.97 Å². The van der Waals surface area contributed by atoms with Crippen molar-refractivity contribution in [1.82, 2.24) is 0 Å². The zero-order valence-electron chi connectivity index (χ0n) is 26.9. The zero-order valence-corrected chi connectivity index (χ0v) is 26.9. The summed E-state index contributed by atoms with van der Waals surface area (Å²) >= 11 is 0. The summed E-state index contributed by atoms with van der Waals surface area (Å²) in [6.07, 6.45) is 39.4. The Labute approximate surface area is 248 Å². The molecule has 0 aromatic carbocycles. The number of esters is 1. The fraction of sp³-hybridized carbons (Fsp3) is 0.605. The van der Waals surface area contributed by atoms with Gasteiger partial charge in [0, 0.05) is 6.42 Å². The van der Waals surface area contributed by atoms with Crippen molar-refractivity contribution in [2.24, 2.45) is 5.41 Å². The lowest BCUT2D eigenvalue weighted by atomic mass is 9.72. The zero-order chi connectivity index (χ0) is 29.5. The molecule has 0 saturated carbocycles. The molecule has 0 unspecified atom stereocenters. The predicted octanol–water partition coefficient (Wildman–Crippen LogP) is 11.9. The van der Waals surface area contributed by atoms with Crippen LogP contribution in [-0.4, -0.2) is 12.6 Å². The van der Waals surface area contributed by atoms with Gasteiger partial charge in [0.1, 0.15) is 6.61 Å². The number of carbonyl (C=O) groups excluding carboxylic acids is 1. The molecule has 1 aliphatic rings. The Morgan fingerprint density at radius 1 is 0.850 bits per heavy atom. The van der Waals surface area contributed by atoms with Gasteiger partial charge in [-0.1, -0.05) is 131 Å². The smallest absolute Gasteiger partial charge is 0.306 e. The van der Waals surface area contributed by atoms with Crippen LogP contribution in [0.4, 0.5) is 0 Å². The standard InChI is InChI=1S/C38H60O2/c1-7-8-9-10-11-12-13-14-15-16-17-18-19-20-21-27-37(39)40-32-30-34(3)25-22-24-33(2)28-29-36-35(4)26-23-31-38(36,5)6/h11-14,22,24-25,28-30H,7-10,15-21,23,26-27,31-32H2,1-6H3/b12-11-,14-13-,25-22+,29-28+,33-24+,34-30+. The molecule has 0 aliphatic heterocycles. The van der Waals surface area contributed by atoms with Gasteiger partial charge in [-0.3, -0.25) is 4.79 Å². The van der Waals surface area contributed by atoms with Gasteiger partial charge in [-0.15, -0.1) is 0 Å². The molecular formula is C38H60O2. The number of unbranched alkanes of at least 4 members (excludes halogenated alkanes) is 9. The first kappa shape index (κ1) is 35.7. The van der Waals surface area contributed by atoms with E-state index in [1.54, 1.807) is 0 Å². The first-order chi connectivity index (χ1) is 19.3. The maximum absolute atomic E-state index is 12.0. The van der Waals surface area contributed by atoms with Crippen molar-refractivity contribution in [3.8, 4) is 0 Å². The van der Waals surface area contributed by atoms with Crippen LogP contribution < -0.4 is 0 Å². The molecule has 0 N–H and O–H groups in total. The second-order valence-corrected chi connectivity index (χ2v) is 12.2. The number of hydrogen-bond donors (Lipinski definition) is 0. The summed E-state index contributed by atoms with van der Waals surface area (Å²) in [7, 11) is 0. The lowest BCUT2D eigenvalue weighted by Crippen LogP contribution is -2.19. The van der Waals surface area contributed by atoms with Gasteiger partial charge < -0.3 is 4.74 Å². The van der Waals surface area contributed by atoms with Gasteiger partial charge in [-0.05, 0) is 89.2 Å². The molecule has 0 heterocycles. The molecule has 0 amide bonds. The van der Waals surface area contributed by atoms with E-state index in [-0.39, 0.29) is 11.4 Å². The maximum atomic E-state index is 12.0. The van der Waals surface area contributed by atoms with Crippen LogP contribution in [0.1, 0.15) is 138 Å². The Hall–Kier alpha value is -2.35. The van der Waals surface area contributed by atoms with E-state index in [1.807, 2.05) is 13.0 Å². The summed E-state index contributed by atoms with van der Waals surface area (Å²) in [5.41, 5.74) is 5.63. The number of ether oxygens (including phenoxy) is 1. The normalized spacial score (nSPS) is 16.9. The minimum atomic E-state index is -0.0861. The summed E-state index contributed by atoms with van der Waals surface area (Å²) in [4.78, 5) is 12.0. The second kappa shape index (κ2) is 22.4. The minimum Gasteiger partial charge on any atom is -0.461 e. The van der Waals surface area contributed by atoms with E-state index in [0.29, 0.717) is 13.0 Å². The summed E-state index contributed by atoms with van der Waals surface area (Å²) in [5, 5.41) is 0. The highest BCUT2D eigenvalue weighted by Crippen LogP contribution is 2.40. The SMILES string of the molecule is CCCCC/C=C\C=C/CCCCCCCCC(=O)OC/C=C(C)/C=C/C=C(C)/C=C/C1=C(C)CCCC1(C)C. The third kappa shape index (κ3) is 18.1. The molecule has 0 radical (unpaired) electrons. The molecular weight excluding hydrogens is 488 g/mol. The lowest BCUT2D eigenvalue weighted by molar-refractivity contribution is -0.142. The fourth-order valence-electron chi connectivity index (χ4n) is 5.14. The highest BCUT2D eigenvalue weighted by Gasteiger charge is 2.26. The fourth-order valence-corrected chi connectivity index (χ4v) is 5.14. The van der Waals surface area contributed by atoms with Crippen molar-refractivity contribution >= 4 is 5.97 Å². The van der Waals surface area contributed by atoms with E-state index in [2.05, 4.69) is 89.3 Å². The second-order valence-electron chi connectivity index (χ2n) is 12.2. The van der Waals surface area contributed by atoms with Crippen molar-refractivity contribution in [2.45, 2.75) is 138 Å². The van der Waals surface area contributed by atoms with E-state index < -0.39 is 0 Å². The molecule has 0 aromatic heterocycles. The third-order valence-electron chi connectivity index (χ3n) is 7.78. The van der Waals surface area contributed by atoms with Crippen molar-refractivity contribution < 1.29 is 9.53 Å². The van der Waals surface area contributed by atoms with Crippen molar-refractivity contribution in [3.05, 3.63) is 83.1 Å². The summed E-state index contributed by atoms with van der Waals surface area (Å²) < 4.78 is 5.40. The molecule has 0 fully saturated rings. The molecule has 0 atom stereocenters.